The summed E-state index contributed by atoms with van der Waals surface area (Å²) in [4.78, 5) is 29.9. The topological polar surface area (TPSA) is 74.3 Å². The molecular formula is C19H24N4O2. The van der Waals surface area contributed by atoms with Crippen LogP contribution in [0.3, 0.4) is 0 Å². The molecule has 0 saturated carbocycles. The number of amides is 3. The van der Waals surface area contributed by atoms with Crippen molar-refractivity contribution in [2.75, 3.05) is 20.1 Å². The number of benzene rings is 1. The van der Waals surface area contributed by atoms with Crippen molar-refractivity contribution < 1.29 is 9.59 Å². The van der Waals surface area contributed by atoms with E-state index in [1.807, 2.05) is 38.1 Å². The van der Waals surface area contributed by atoms with E-state index in [1.165, 1.54) is 0 Å². The number of hydrogen-bond acceptors (Lipinski definition) is 3. The van der Waals surface area contributed by atoms with E-state index in [4.69, 9.17) is 0 Å². The number of aromatic nitrogens is 1. The first kappa shape index (κ1) is 18.4. The second-order valence-electron chi connectivity index (χ2n) is 5.93. The summed E-state index contributed by atoms with van der Waals surface area (Å²) in [5, 5.41) is 5.59. The van der Waals surface area contributed by atoms with Crippen LogP contribution in [0.15, 0.2) is 48.8 Å². The van der Waals surface area contributed by atoms with Gasteiger partial charge in [0.1, 0.15) is 0 Å². The third-order valence-corrected chi connectivity index (χ3v) is 4.07. The Hall–Kier alpha value is -2.89. The first-order chi connectivity index (χ1) is 12.0. The molecule has 0 bridgehead atoms. The Morgan fingerprint density at radius 3 is 2.44 bits per heavy atom. The second kappa shape index (κ2) is 8.82. The molecular weight excluding hydrogens is 316 g/mol. The highest BCUT2D eigenvalue weighted by Gasteiger charge is 2.16. The molecule has 1 aromatic heterocycles. The lowest BCUT2D eigenvalue weighted by Crippen LogP contribution is -2.42. The van der Waals surface area contributed by atoms with Gasteiger partial charge in [0.2, 0.25) is 0 Å². The molecule has 0 spiro atoms. The highest BCUT2D eigenvalue weighted by atomic mass is 16.2. The Morgan fingerprint density at radius 1 is 1.12 bits per heavy atom. The number of aryl methyl sites for hydroxylation is 1. The van der Waals surface area contributed by atoms with Gasteiger partial charge in [-0.25, -0.2) is 4.79 Å². The SMILES string of the molecule is Cc1ccc(C(=O)NCCNC(=O)N(C)C(C)c2cccnc2)cc1. The Morgan fingerprint density at radius 2 is 1.80 bits per heavy atom. The fraction of sp³-hybridized carbons (Fsp3) is 0.316. The zero-order chi connectivity index (χ0) is 18.2. The summed E-state index contributed by atoms with van der Waals surface area (Å²) in [6, 6.07) is 10.9. The molecule has 0 fully saturated rings. The standard InChI is InChI=1S/C19H24N4O2/c1-14-6-8-16(9-7-14)18(24)21-11-12-22-19(25)23(3)15(2)17-5-4-10-20-13-17/h4-10,13,15H,11-12H2,1-3H3,(H,21,24)(H,22,25). The lowest BCUT2D eigenvalue weighted by atomic mass is 10.1. The summed E-state index contributed by atoms with van der Waals surface area (Å²) in [6.07, 6.45) is 3.45. The second-order valence-corrected chi connectivity index (χ2v) is 5.93. The highest BCUT2D eigenvalue weighted by molar-refractivity contribution is 5.94. The van der Waals surface area contributed by atoms with Crippen molar-refractivity contribution in [3.8, 4) is 0 Å². The minimum absolute atomic E-state index is 0.0872. The highest BCUT2D eigenvalue weighted by Crippen LogP contribution is 2.16. The van der Waals surface area contributed by atoms with E-state index >= 15 is 0 Å². The molecule has 1 unspecified atom stereocenters. The normalized spacial score (nSPS) is 11.5. The summed E-state index contributed by atoms with van der Waals surface area (Å²) >= 11 is 0. The van der Waals surface area contributed by atoms with Crippen LogP contribution < -0.4 is 10.6 Å². The summed E-state index contributed by atoms with van der Waals surface area (Å²) in [6.45, 7) is 4.64. The maximum Gasteiger partial charge on any atom is 0.317 e. The molecule has 1 atom stereocenters. The zero-order valence-corrected chi connectivity index (χ0v) is 14.8. The molecule has 0 aliphatic rings. The van der Waals surface area contributed by atoms with Crippen LogP contribution >= 0.6 is 0 Å². The number of rotatable bonds is 6. The molecule has 0 saturated heterocycles. The predicted octanol–water partition coefficient (Wildman–Crippen LogP) is 2.52. The van der Waals surface area contributed by atoms with Gasteiger partial charge >= 0.3 is 6.03 Å². The number of carbonyl (C=O) groups excluding carboxylic acids is 2. The van der Waals surface area contributed by atoms with Crippen LogP contribution in [-0.2, 0) is 0 Å². The monoisotopic (exact) mass is 340 g/mol. The Labute approximate surface area is 148 Å². The third kappa shape index (κ3) is 5.31. The molecule has 132 valence electrons. The van der Waals surface area contributed by atoms with Crippen LogP contribution in [0.1, 0.15) is 34.5 Å². The fourth-order valence-corrected chi connectivity index (χ4v) is 2.30. The summed E-state index contributed by atoms with van der Waals surface area (Å²) in [5.74, 6) is -0.147. The van der Waals surface area contributed by atoms with Crippen molar-refractivity contribution in [3.63, 3.8) is 0 Å². The molecule has 2 rings (SSSR count). The molecule has 3 amide bonds. The maximum atomic E-state index is 12.2. The van der Waals surface area contributed by atoms with Crippen molar-refractivity contribution in [1.82, 2.24) is 20.5 Å². The molecule has 2 N–H and O–H groups in total. The summed E-state index contributed by atoms with van der Waals surface area (Å²) in [5.41, 5.74) is 2.68. The van der Waals surface area contributed by atoms with Gasteiger partial charge in [0.05, 0.1) is 6.04 Å². The Kier molecular flexibility index (Phi) is 6.51. The van der Waals surface area contributed by atoms with Crippen LogP contribution in [0.4, 0.5) is 4.79 Å². The van der Waals surface area contributed by atoms with Crippen LogP contribution in [0.25, 0.3) is 0 Å². The Bertz CT molecular complexity index is 701. The number of pyridine rings is 1. The number of nitrogens with zero attached hydrogens (tertiary/aromatic N) is 2. The van der Waals surface area contributed by atoms with Crippen LogP contribution in [0.2, 0.25) is 0 Å². The van der Waals surface area contributed by atoms with E-state index in [1.54, 1.807) is 36.5 Å². The average Bonchev–Trinajstić information content (AvgIpc) is 2.65. The van der Waals surface area contributed by atoms with Gasteiger partial charge in [-0.05, 0) is 37.6 Å². The van der Waals surface area contributed by atoms with Gasteiger partial charge in [0, 0.05) is 38.1 Å². The summed E-state index contributed by atoms with van der Waals surface area (Å²) in [7, 11) is 1.73. The van der Waals surface area contributed by atoms with Gasteiger partial charge in [-0.15, -0.1) is 0 Å². The van der Waals surface area contributed by atoms with E-state index in [-0.39, 0.29) is 18.0 Å². The van der Waals surface area contributed by atoms with Crippen LogP contribution in [-0.4, -0.2) is 42.0 Å². The largest absolute Gasteiger partial charge is 0.350 e. The number of nitrogens with one attached hydrogen (secondary N) is 2. The molecule has 0 aliphatic carbocycles. The molecule has 2 aromatic rings. The number of hydrogen-bond donors (Lipinski definition) is 2. The fourth-order valence-electron chi connectivity index (χ4n) is 2.30. The van der Waals surface area contributed by atoms with Crippen molar-refractivity contribution in [2.45, 2.75) is 19.9 Å². The van der Waals surface area contributed by atoms with Crippen molar-refractivity contribution >= 4 is 11.9 Å². The predicted molar refractivity (Wildman–Crippen MR) is 97.3 cm³/mol. The van der Waals surface area contributed by atoms with Gasteiger partial charge in [-0.3, -0.25) is 9.78 Å². The molecule has 6 heteroatoms. The van der Waals surface area contributed by atoms with E-state index < -0.39 is 0 Å². The smallest absolute Gasteiger partial charge is 0.317 e. The molecule has 0 radical (unpaired) electrons. The van der Waals surface area contributed by atoms with Crippen LogP contribution in [0, 0.1) is 6.92 Å². The molecule has 6 nitrogen and oxygen atoms in total. The van der Waals surface area contributed by atoms with Crippen LogP contribution in [0.5, 0.6) is 0 Å². The lowest BCUT2D eigenvalue weighted by Gasteiger charge is -2.25. The minimum atomic E-state index is -0.194. The molecule has 1 aromatic carbocycles. The van der Waals surface area contributed by atoms with Crippen molar-refractivity contribution in [1.29, 1.82) is 0 Å². The average molecular weight is 340 g/mol. The lowest BCUT2D eigenvalue weighted by molar-refractivity contribution is 0.0953. The van der Waals surface area contributed by atoms with Crippen molar-refractivity contribution in [2.24, 2.45) is 0 Å². The zero-order valence-electron chi connectivity index (χ0n) is 14.8. The molecule has 0 aliphatic heterocycles. The van der Waals surface area contributed by atoms with E-state index in [0.29, 0.717) is 18.7 Å². The third-order valence-electron chi connectivity index (χ3n) is 4.07. The number of carbonyl (C=O) groups is 2. The first-order valence-electron chi connectivity index (χ1n) is 8.24. The summed E-state index contributed by atoms with van der Waals surface area (Å²) < 4.78 is 0. The molecule has 25 heavy (non-hydrogen) atoms. The van der Waals surface area contributed by atoms with E-state index in [2.05, 4.69) is 15.6 Å². The Balaban J connectivity index is 1.74. The molecule has 1 heterocycles. The van der Waals surface area contributed by atoms with E-state index in [0.717, 1.165) is 11.1 Å². The first-order valence-corrected chi connectivity index (χ1v) is 8.24. The van der Waals surface area contributed by atoms with Gasteiger partial charge < -0.3 is 15.5 Å². The van der Waals surface area contributed by atoms with E-state index in [9.17, 15) is 9.59 Å². The van der Waals surface area contributed by atoms with Gasteiger partial charge in [0.15, 0.2) is 0 Å². The maximum absolute atomic E-state index is 12.2. The van der Waals surface area contributed by atoms with Crippen molar-refractivity contribution in [3.05, 3.63) is 65.5 Å². The van der Waals surface area contributed by atoms with Gasteiger partial charge in [0.25, 0.3) is 5.91 Å². The minimum Gasteiger partial charge on any atom is -0.350 e. The van der Waals surface area contributed by atoms with Gasteiger partial charge in [-0.2, -0.15) is 0 Å². The number of urea groups is 1. The van der Waals surface area contributed by atoms with Gasteiger partial charge in [-0.1, -0.05) is 23.8 Å². The quantitative estimate of drug-likeness (QED) is 0.794.